The Hall–Kier alpha value is -1.87. The number of anilines is 2. The predicted molar refractivity (Wildman–Crippen MR) is 85.5 cm³/mol. The molecule has 1 aliphatic carbocycles. The first kappa shape index (κ1) is 14.1. The van der Waals surface area contributed by atoms with Crippen molar-refractivity contribution in [3.63, 3.8) is 0 Å². The fourth-order valence-corrected chi connectivity index (χ4v) is 2.40. The molecule has 2 aromatic carbocycles. The van der Waals surface area contributed by atoms with Crippen molar-refractivity contribution in [2.45, 2.75) is 32.4 Å². The third kappa shape index (κ3) is 3.61. The van der Waals surface area contributed by atoms with Gasteiger partial charge in [-0.15, -0.1) is 0 Å². The van der Waals surface area contributed by atoms with Gasteiger partial charge in [0.25, 0.3) is 0 Å². The number of aryl methyl sites for hydroxylation is 1. The average molecular weight is 284 g/mol. The Balaban J connectivity index is 1.80. The van der Waals surface area contributed by atoms with Gasteiger partial charge in [-0.05, 0) is 55.7 Å². The van der Waals surface area contributed by atoms with Gasteiger partial charge in [-0.2, -0.15) is 0 Å². The van der Waals surface area contributed by atoms with E-state index < -0.39 is 0 Å². The van der Waals surface area contributed by atoms with Crippen molar-refractivity contribution in [2.24, 2.45) is 0 Å². The van der Waals surface area contributed by atoms with Crippen LogP contribution < -0.4 is 10.2 Å². The molecule has 0 unspecified atom stereocenters. The molecule has 1 fully saturated rings. The summed E-state index contributed by atoms with van der Waals surface area (Å²) in [6.07, 6.45) is 2.48. The highest BCUT2D eigenvalue weighted by Gasteiger charge is 2.20. The van der Waals surface area contributed by atoms with Crippen molar-refractivity contribution in [3.8, 4) is 0 Å². The zero-order valence-corrected chi connectivity index (χ0v) is 12.6. The van der Waals surface area contributed by atoms with Gasteiger partial charge in [-0.25, -0.2) is 4.39 Å². The van der Waals surface area contributed by atoms with Crippen LogP contribution in [0.2, 0.25) is 0 Å². The maximum Gasteiger partial charge on any atom is 0.125 e. The molecule has 2 nitrogen and oxygen atoms in total. The summed E-state index contributed by atoms with van der Waals surface area (Å²) in [6, 6.07) is 14.1. The molecule has 1 aliphatic rings. The van der Waals surface area contributed by atoms with Crippen molar-refractivity contribution >= 4 is 11.4 Å². The highest BCUT2D eigenvalue weighted by molar-refractivity contribution is 5.63. The Morgan fingerprint density at radius 1 is 1.10 bits per heavy atom. The number of rotatable bonds is 5. The summed E-state index contributed by atoms with van der Waals surface area (Å²) in [7, 11) is 1.97. The van der Waals surface area contributed by atoms with E-state index in [0.29, 0.717) is 6.04 Å². The van der Waals surface area contributed by atoms with Crippen LogP contribution in [0.25, 0.3) is 0 Å². The van der Waals surface area contributed by atoms with E-state index in [1.54, 1.807) is 12.1 Å². The molecular formula is C18H21FN2. The van der Waals surface area contributed by atoms with Crippen molar-refractivity contribution in [1.82, 2.24) is 5.32 Å². The first-order chi connectivity index (χ1) is 10.1. The van der Waals surface area contributed by atoms with Gasteiger partial charge >= 0.3 is 0 Å². The minimum atomic E-state index is -0.181. The minimum absolute atomic E-state index is 0.181. The van der Waals surface area contributed by atoms with Crippen molar-refractivity contribution in [2.75, 3.05) is 11.9 Å². The normalized spacial score (nSPS) is 14.2. The monoisotopic (exact) mass is 284 g/mol. The van der Waals surface area contributed by atoms with Crippen LogP contribution >= 0.6 is 0 Å². The Morgan fingerprint density at radius 3 is 2.48 bits per heavy atom. The van der Waals surface area contributed by atoms with Gasteiger partial charge in [0, 0.05) is 31.0 Å². The molecule has 2 aromatic rings. The third-order valence-corrected chi connectivity index (χ3v) is 3.92. The van der Waals surface area contributed by atoms with Crippen molar-refractivity contribution in [3.05, 3.63) is 59.4 Å². The summed E-state index contributed by atoms with van der Waals surface area (Å²) >= 11 is 0. The van der Waals surface area contributed by atoms with E-state index >= 15 is 0 Å². The predicted octanol–water partition coefficient (Wildman–Crippen LogP) is 4.15. The highest BCUT2D eigenvalue weighted by Crippen LogP contribution is 2.26. The summed E-state index contributed by atoms with van der Waals surface area (Å²) in [5, 5.41) is 3.43. The van der Waals surface area contributed by atoms with Gasteiger partial charge in [0.2, 0.25) is 0 Å². The molecule has 0 amide bonds. The molecule has 0 heterocycles. The van der Waals surface area contributed by atoms with Crippen LogP contribution in [0.1, 0.15) is 24.0 Å². The fourth-order valence-electron chi connectivity index (χ4n) is 2.40. The maximum atomic E-state index is 13.9. The van der Waals surface area contributed by atoms with E-state index in [9.17, 15) is 4.39 Å². The Kier molecular flexibility index (Phi) is 3.93. The molecule has 0 aliphatic heterocycles. The third-order valence-electron chi connectivity index (χ3n) is 3.92. The van der Waals surface area contributed by atoms with Gasteiger partial charge in [-0.3, -0.25) is 0 Å². The Morgan fingerprint density at radius 2 is 1.81 bits per heavy atom. The molecule has 3 heteroatoms. The molecule has 0 aromatic heterocycles. The van der Waals surface area contributed by atoms with E-state index in [0.717, 1.165) is 23.5 Å². The molecule has 1 N–H and O–H groups in total. The second-order valence-electron chi connectivity index (χ2n) is 5.87. The summed E-state index contributed by atoms with van der Waals surface area (Å²) in [6.45, 7) is 2.80. The van der Waals surface area contributed by atoms with Crippen molar-refractivity contribution < 1.29 is 4.39 Å². The molecule has 0 atom stereocenters. The quantitative estimate of drug-likeness (QED) is 0.887. The Bertz CT molecular complexity index is 618. The van der Waals surface area contributed by atoms with Gasteiger partial charge in [0.15, 0.2) is 0 Å². The molecule has 21 heavy (non-hydrogen) atoms. The van der Waals surface area contributed by atoms with Crippen LogP contribution in [0, 0.1) is 12.7 Å². The summed E-state index contributed by atoms with van der Waals surface area (Å²) in [4.78, 5) is 2.02. The number of nitrogens with one attached hydrogen (secondary N) is 1. The van der Waals surface area contributed by atoms with Gasteiger partial charge in [0.1, 0.15) is 5.82 Å². The number of hydrogen-bond donors (Lipinski definition) is 1. The first-order valence-corrected chi connectivity index (χ1v) is 7.45. The molecule has 0 spiro atoms. The lowest BCUT2D eigenvalue weighted by molar-refractivity contribution is 0.619. The molecule has 0 saturated heterocycles. The second-order valence-corrected chi connectivity index (χ2v) is 5.87. The standard InChI is InChI=1S/C18H21FN2/c1-13-3-7-17(8-4-13)21(2)18-10-14(9-15(19)11-18)12-20-16-5-6-16/h3-4,7-11,16,20H,5-6,12H2,1-2H3. The molecular weight excluding hydrogens is 263 g/mol. The van der Waals surface area contributed by atoms with Crippen LogP contribution in [-0.4, -0.2) is 13.1 Å². The molecule has 1 saturated carbocycles. The lowest BCUT2D eigenvalue weighted by Crippen LogP contribution is -2.16. The average Bonchev–Trinajstić information content (AvgIpc) is 3.29. The lowest BCUT2D eigenvalue weighted by atomic mass is 10.1. The topological polar surface area (TPSA) is 15.3 Å². The molecule has 110 valence electrons. The van der Waals surface area contributed by atoms with Crippen LogP contribution in [-0.2, 0) is 6.54 Å². The van der Waals surface area contributed by atoms with E-state index in [4.69, 9.17) is 0 Å². The molecule has 0 radical (unpaired) electrons. The maximum absolute atomic E-state index is 13.9. The molecule has 0 bridgehead atoms. The number of halogens is 1. The zero-order chi connectivity index (χ0) is 14.8. The largest absolute Gasteiger partial charge is 0.345 e. The fraction of sp³-hybridized carbons (Fsp3) is 0.333. The zero-order valence-electron chi connectivity index (χ0n) is 12.6. The van der Waals surface area contributed by atoms with Crippen LogP contribution in [0.15, 0.2) is 42.5 Å². The Labute approximate surface area is 125 Å². The molecule has 3 rings (SSSR count). The number of hydrogen-bond acceptors (Lipinski definition) is 2. The summed E-state index contributed by atoms with van der Waals surface area (Å²) in [5.74, 6) is -0.181. The minimum Gasteiger partial charge on any atom is -0.345 e. The van der Waals surface area contributed by atoms with E-state index in [1.165, 1.54) is 18.4 Å². The second kappa shape index (κ2) is 5.86. The lowest BCUT2D eigenvalue weighted by Gasteiger charge is -2.21. The van der Waals surface area contributed by atoms with E-state index in [-0.39, 0.29) is 5.82 Å². The van der Waals surface area contributed by atoms with E-state index in [1.807, 2.05) is 11.9 Å². The number of benzene rings is 2. The summed E-state index contributed by atoms with van der Waals surface area (Å²) in [5.41, 5.74) is 4.16. The van der Waals surface area contributed by atoms with Gasteiger partial charge in [0.05, 0.1) is 0 Å². The summed E-state index contributed by atoms with van der Waals surface area (Å²) < 4.78 is 13.9. The first-order valence-electron chi connectivity index (χ1n) is 7.45. The number of nitrogens with zero attached hydrogens (tertiary/aromatic N) is 1. The highest BCUT2D eigenvalue weighted by atomic mass is 19.1. The smallest absolute Gasteiger partial charge is 0.125 e. The van der Waals surface area contributed by atoms with Crippen molar-refractivity contribution in [1.29, 1.82) is 0 Å². The van der Waals surface area contributed by atoms with Crippen LogP contribution in [0.5, 0.6) is 0 Å². The van der Waals surface area contributed by atoms with Gasteiger partial charge in [-0.1, -0.05) is 17.7 Å². The van der Waals surface area contributed by atoms with Gasteiger partial charge < -0.3 is 10.2 Å². The van der Waals surface area contributed by atoms with E-state index in [2.05, 4.69) is 42.6 Å². The van der Waals surface area contributed by atoms with Crippen LogP contribution in [0.3, 0.4) is 0 Å². The SMILES string of the molecule is Cc1ccc(N(C)c2cc(F)cc(CNC3CC3)c2)cc1. The van der Waals surface area contributed by atoms with Crippen LogP contribution in [0.4, 0.5) is 15.8 Å².